The molecule has 1 aliphatic rings. The summed E-state index contributed by atoms with van der Waals surface area (Å²) >= 11 is 0. The third-order valence-corrected chi connectivity index (χ3v) is 6.80. The lowest BCUT2D eigenvalue weighted by atomic mass is 9.93. The summed E-state index contributed by atoms with van der Waals surface area (Å²) in [5.74, 6) is -1.47. The van der Waals surface area contributed by atoms with Crippen LogP contribution in [0.15, 0.2) is 30.6 Å². The van der Waals surface area contributed by atoms with Crippen molar-refractivity contribution in [2.45, 2.75) is 26.3 Å². The molecule has 1 saturated heterocycles. The molecule has 1 atom stereocenters. The number of carbonyl (C=O) groups excluding carboxylic acids is 1. The van der Waals surface area contributed by atoms with Gasteiger partial charge in [-0.05, 0) is 31.0 Å². The predicted octanol–water partition coefficient (Wildman–Crippen LogP) is 1.92. The minimum absolute atomic E-state index is 0.000225. The Labute approximate surface area is 185 Å². The van der Waals surface area contributed by atoms with E-state index in [1.54, 1.807) is 0 Å². The largest absolute Gasteiger partial charge is 0.476 e. The van der Waals surface area contributed by atoms with Gasteiger partial charge in [0, 0.05) is 18.3 Å². The molecule has 0 aliphatic carbocycles. The van der Waals surface area contributed by atoms with Gasteiger partial charge in [-0.3, -0.25) is 10.2 Å². The Balaban J connectivity index is 1.80. The number of sulfonamides is 1. The molecular formula is C20H25FN6O4S. The van der Waals surface area contributed by atoms with Crippen molar-refractivity contribution in [1.29, 1.82) is 5.41 Å². The predicted molar refractivity (Wildman–Crippen MR) is 116 cm³/mol. The van der Waals surface area contributed by atoms with Crippen LogP contribution in [-0.2, 0) is 15.6 Å². The van der Waals surface area contributed by atoms with E-state index in [4.69, 9.17) is 10.1 Å². The van der Waals surface area contributed by atoms with Crippen LogP contribution in [0.1, 0.15) is 36.8 Å². The van der Waals surface area contributed by atoms with Gasteiger partial charge in [-0.15, -0.1) is 0 Å². The first-order chi connectivity index (χ1) is 14.9. The van der Waals surface area contributed by atoms with E-state index >= 15 is 0 Å². The van der Waals surface area contributed by atoms with Crippen molar-refractivity contribution >= 4 is 27.6 Å². The van der Waals surface area contributed by atoms with Crippen LogP contribution in [-0.4, -0.2) is 54.0 Å². The maximum absolute atomic E-state index is 14.6. The summed E-state index contributed by atoms with van der Waals surface area (Å²) in [7, 11) is -2.57. The highest BCUT2D eigenvalue weighted by Gasteiger charge is 2.43. The first-order valence-electron chi connectivity index (χ1n) is 9.81. The number of anilines is 1. The van der Waals surface area contributed by atoms with Gasteiger partial charge in [0.15, 0.2) is 0 Å². The normalized spacial score (nSPS) is 20.1. The average Bonchev–Trinajstić information content (AvgIpc) is 2.71. The Morgan fingerprint density at radius 2 is 2.09 bits per heavy atom. The number of ether oxygens (including phenoxy) is 1. The van der Waals surface area contributed by atoms with Gasteiger partial charge >= 0.3 is 0 Å². The first kappa shape index (κ1) is 23.4. The monoisotopic (exact) mass is 464 g/mol. The molecule has 3 rings (SSSR count). The Bertz CT molecular complexity index is 1140. The second-order valence-corrected chi connectivity index (χ2v) is 10.1. The van der Waals surface area contributed by atoms with Gasteiger partial charge in [0.05, 0.1) is 30.3 Å². The minimum Gasteiger partial charge on any atom is -0.476 e. The third kappa shape index (κ3) is 4.96. The highest BCUT2D eigenvalue weighted by molar-refractivity contribution is 7.89. The van der Waals surface area contributed by atoms with Crippen LogP contribution in [0.4, 0.5) is 10.1 Å². The fourth-order valence-corrected chi connectivity index (χ4v) is 4.58. The molecule has 2 heterocycles. The molecule has 1 aromatic heterocycles. The molecule has 1 amide bonds. The van der Waals surface area contributed by atoms with E-state index in [2.05, 4.69) is 20.6 Å². The topological polar surface area (TPSA) is 137 Å². The van der Waals surface area contributed by atoms with Crippen molar-refractivity contribution in [2.24, 2.45) is 5.92 Å². The summed E-state index contributed by atoms with van der Waals surface area (Å²) in [6.07, 6.45) is 2.61. The number of rotatable bonds is 6. The van der Waals surface area contributed by atoms with E-state index in [-0.39, 0.29) is 22.9 Å². The third-order valence-electron chi connectivity index (χ3n) is 4.84. The van der Waals surface area contributed by atoms with Crippen LogP contribution >= 0.6 is 0 Å². The zero-order valence-corrected chi connectivity index (χ0v) is 19.0. The number of amides is 1. The van der Waals surface area contributed by atoms with Crippen molar-refractivity contribution in [1.82, 2.24) is 19.6 Å². The summed E-state index contributed by atoms with van der Waals surface area (Å²) in [5, 5.41) is 13.2. The Morgan fingerprint density at radius 1 is 1.38 bits per heavy atom. The Morgan fingerprint density at radius 3 is 2.69 bits per heavy atom. The van der Waals surface area contributed by atoms with Gasteiger partial charge in [0.1, 0.15) is 11.5 Å². The lowest BCUT2D eigenvalue weighted by Crippen LogP contribution is -2.61. The molecule has 0 unspecified atom stereocenters. The maximum Gasteiger partial charge on any atom is 0.275 e. The first-order valence-corrected chi connectivity index (χ1v) is 11.4. The molecule has 32 heavy (non-hydrogen) atoms. The summed E-state index contributed by atoms with van der Waals surface area (Å²) in [6.45, 7) is 5.93. The molecule has 1 aliphatic heterocycles. The number of nitrogens with one attached hydrogen (secondary N) is 3. The highest BCUT2D eigenvalue weighted by Crippen LogP contribution is 2.31. The van der Waals surface area contributed by atoms with Crippen molar-refractivity contribution in [3.63, 3.8) is 0 Å². The van der Waals surface area contributed by atoms with Crippen molar-refractivity contribution < 1.29 is 22.3 Å². The van der Waals surface area contributed by atoms with Crippen LogP contribution in [0.5, 0.6) is 5.88 Å². The van der Waals surface area contributed by atoms with Crippen LogP contribution in [0.2, 0.25) is 0 Å². The zero-order chi connectivity index (χ0) is 23.7. The van der Waals surface area contributed by atoms with E-state index in [1.165, 1.54) is 38.5 Å². The summed E-state index contributed by atoms with van der Waals surface area (Å²) in [5.41, 5.74) is -1.14. The van der Waals surface area contributed by atoms with Crippen molar-refractivity contribution in [3.8, 4) is 5.88 Å². The highest BCUT2D eigenvalue weighted by atomic mass is 32.2. The second kappa shape index (κ2) is 8.69. The molecule has 12 heteroatoms. The van der Waals surface area contributed by atoms with Crippen LogP contribution < -0.4 is 15.4 Å². The number of hydrogen-bond donors (Lipinski definition) is 3. The van der Waals surface area contributed by atoms with Gasteiger partial charge in [-0.25, -0.2) is 27.1 Å². The lowest BCUT2D eigenvalue weighted by molar-refractivity contribution is 0.102. The maximum atomic E-state index is 14.6. The molecule has 0 radical (unpaired) electrons. The molecular weight excluding hydrogens is 439 g/mol. The van der Waals surface area contributed by atoms with Gasteiger partial charge in [0.25, 0.3) is 5.91 Å². The van der Waals surface area contributed by atoms with Crippen LogP contribution in [0.25, 0.3) is 0 Å². The molecule has 2 aromatic rings. The fraction of sp³-hybridized carbons (Fsp3) is 0.400. The van der Waals surface area contributed by atoms with E-state index in [0.717, 1.165) is 10.4 Å². The molecule has 3 N–H and O–H groups in total. The number of aromatic nitrogens is 2. The summed E-state index contributed by atoms with van der Waals surface area (Å²) in [4.78, 5) is 20.6. The molecule has 0 bridgehead atoms. The lowest BCUT2D eigenvalue weighted by Gasteiger charge is -2.40. The second-order valence-electron chi connectivity index (χ2n) is 8.12. The molecule has 10 nitrogen and oxygen atoms in total. The zero-order valence-electron chi connectivity index (χ0n) is 18.1. The number of carbonyl (C=O) groups is 1. The Kier molecular flexibility index (Phi) is 6.35. The van der Waals surface area contributed by atoms with E-state index in [9.17, 15) is 17.6 Å². The summed E-state index contributed by atoms with van der Waals surface area (Å²) < 4.78 is 45.6. The molecule has 0 spiro atoms. The van der Waals surface area contributed by atoms with Crippen LogP contribution in [0, 0.1) is 17.1 Å². The SMILES string of the molecule is CC(C)COc1cnc(C(=O)Nc2ccc(F)c([C@]3(C)CS(=O)(=O)N(C)C(=N)N3)c2)cn1. The van der Waals surface area contributed by atoms with Crippen molar-refractivity contribution in [3.05, 3.63) is 47.7 Å². The van der Waals surface area contributed by atoms with Crippen LogP contribution in [0.3, 0.4) is 0 Å². The number of nitrogens with zero attached hydrogens (tertiary/aromatic N) is 3. The van der Waals surface area contributed by atoms with E-state index in [0.29, 0.717) is 18.4 Å². The number of hydrogen-bond acceptors (Lipinski definition) is 7. The van der Waals surface area contributed by atoms with Gasteiger partial charge in [-0.2, -0.15) is 0 Å². The van der Waals surface area contributed by atoms with Gasteiger partial charge in [0.2, 0.25) is 21.9 Å². The quantitative estimate of drug-likeness (QED) is 0.594. The molecule has 172 valence electrons. The van der Waals surface area contributed by atoms with Gasteiger partial charge in [-0.1, -0.05) is 13.8 Å². The number of guanidine groups is 1. The number of halogens is 1. The molecule has 1 fully saturated rings. The smallest absolute Gasteiger partial charge is 0.275 e. The van der Waals surface area contributed by atoms with Gasteiger partial charge < -0.3 is 15.4 Å². The standard InChI is InChI=1S/C20H25FN6O4S/c1-12(2)10-31-17-9-23-16(8-24-17)18(28)25-13-5-6-15(21)14(7-13)20(3)11-32(29,30)27(4)19(22)26-20/h5-9,12H,10-11H2,1-4H3,(H2,22,26)(H,25,28)/t20-/m0/s1. The molecule has 1 aromatic carbocycles. The molecule has 0 saturated carbocycles. The number of benzene rings is 1. The summed E-state index contributed by atoms with van der Waals surface area (Å²) in [6, 6.07) is 3.81. The average molecular weight is 465 g/mol. The minimum atomic E-state index is -3.81. The Hall–Kier alpha value is -3.28. The van der Waals surface area contributed by atoms with E-state index < -0.39 is 33.0 Å². The van der Waals surface area contributed by atoms with E-state index in [1.807, 2.05) is 13.8 Å². The van der Waals surface area contributed by atoms with Crippen molar-refractivity contribution in [2.75, 3.05) is 24.7 Å². The fourth-order valence-electron chi connectivity index (χ4n) is 3.10.